The maximum atomic E-state index is 13.0. The highest BCUT2D eigenvalue weighted by Crippen LogP contribution is 2.47. The molecule has 1 aromatic carbocycles. The topological polar surface area (TPSA) is 49.0 Å². The Hall–Kier alpha value is -2.17. The van der Waals surface area contributed by atoms with Gasteiger partial charge in [0.25, 0.3) is 5.91 Å². The number of rotatable bonds is 5. The third-order valence-electron chi connectivity index (χ3n) is 4.93. The summed E-state index contributed by atoms with van der Waals surface area (Å²) in [4.78, 5) is 14.6. The van der Waals surface area contributed by atoms with Gasteiger partial charge in [-0.2, -0.15) is 5.10 Å². The Morgan fingerprint density at radius 2 is 1.83 bits per heavy atom. The number of aromatic nitrogens is 2. The zero-order valence-corrected chi connectivity index (χ0v) is 13.1. The molecule has 0 aliphatic heterocycles. The molecule has 0 bridgehead atoms. The summed E-state index contributed by atoms with van der Waals surface area (Å²) in [5, 5.41) is 7.04. The molecule has 2 saturated carbocycles. The zero-order valence-electron chi connectivity index (χ0n) is 13.1. The van der Waals surface area contributed by atoms with Crippen LogP contribution in [0.1, 0.15) is 36.2 Å². The number of halogens is 1. The number of nitrogens with one attached hydrogen (secondary N) is 1. The van der Waals surface area contributed by atoms with Crippen LogP contribution in [0.15, 0.2) is 30.3 Å². The molecule has 1 N–H and O–H groups in total. The van der Waals surface area contributed by atoms with Gasteiger partial charge in [-0.3, -0.25) is 9.89 Å². The molecule has 2 fully saturated rings. The van der Waals surface area contributed by atoms with E-state index in [9.17, 15) is 9.18 Å². The fourth-order valence-electron chi connectivity index (χ4n) is 3.42. The van der Waals surface area contributed by atoms with Gasteiger partial charge in [0.15, 0.2) is 0 Å². The molecule has 1 heterocycles. The van der Waals surface area contributed by atoms with Crippen molar-refractivity contribution >= 4 is 5.91 Å². The van der Waals surface area contributed by atoms with E-state index in [0.29, 0.717) is 29.3 Å². The Balaban J connectivity index is 1.53. The Morgan fingerprint density at radius 3 is 2.39 bits per heavy atom. The predicted octanol–water partition coefficient (Wildman–Crippen LogP) is 3.48. The van der Waals surface area contributed by atoms with Crippen molar-refractivity contribution in [1.29, 1.82) is 0 Å². The van der Waals surface area contributed by atoms with Crippen molar-refractivity contribution in [2.24, 2.45) is 11.8 Å². The number of hydrogen-bond donors (Lipinski definition) is 1. The van der Waals surface area contributed by atoms with Gasteiger partial charge >= 0.3 is 0 Å². The first-order chi connectivity index (χ1) is 11.1. The maximum absolute atomic E-state index is 13.0. The van der Waals surface area contributed by atoms with Crippen LogP contribution in [-0.4, -0.2) is 34.1 Å². The second-order valence-electron chi connectivity index (χ2n) is 6.76. The lowest BCUT2D eigenvalue weighted by Gasteiger charge is -2.27. The van der Waals surface area contributed by atoms with Crippen molar-refractivity contribution in [2.45, 2.75) is 31.7 Å². The van der Waals surface area contributed by atoms with Gasteiger partial charge in [0.05, 0.1) is 5.69 Å². The van der Waals surface area contributed by atoms with Crippen molar-refractivity contribution in [2.75, 3.05) is 7.05 Å². The van der Waals surface area contributed by atoms with E-state index >= 15 is 0 Å². The quantitative estimate of drug-likeness (QED) is 0.919. The van der Waals surface area contributed by atoms with Crippen LogP contribution in [0.5, 0.6) is 0 Å². The molecule has 0 spiro atoms. The minimum absolute atomic E-state index is 0.00494. The Bertz CT molecular complexity index is 704. The number of benzene rings is 1. The van der Waals surface area contributed by atoms with E-state index in [-0.39, 0.29) is 11.7 Å². The molecule has 0 atom stereocenters. The first-order valence-corrected chi connectivity index (χ1v) is 8.22. The SMILES string of the molecule is CN(C(=O)c1cc(-c2ccc(F)cc2)n[nH]1)C(C1CC1)C1CC1. The Labute approximate surface area is 134 Å². The maximum Gasteiger partial charge on any atom is 0.271 e. The molecule has 2 aromatic rings. The van der Waals surface area contributed by atoms with Crippen molar-refractivity contribution in [3.8, 4) is 11.3 Å². The highest BCUT2D eigenvalue weighted by molar-refractivity contribution is 5.93. The summed E-state index contributed by atoms with van der Waals surface area (Å²) in [6.45, 7) is 0. The summed E-state index contributed by atoms with van der Waals surface area (Å²) in [6.07, 6.45) is 4.95. The van der Waals surface area contributed by atoms with Gasteiger partial charge in [0.2, 0.25) is 0 Å². The first-order valence-electron chi connectivity index (χ1n) is 8.22. The van der Waals surface area contributed by atoms with Crippen LogP contribution in [0, 0.1) is 17.7 Å². The lowest BCUT2D eigenvalue weighted by atomic mass is 10.1. The number of hydrogen-bond acceptors (Lipinski definition) is 2. The van der Waals surface area contributed by atoms with Crippen LogP contribution in [0.3, 0.4) is 0 Å². The van der Waals surface area contributed by atoms with Crippen LogP contribution in [0.2, 0.25) is 0 Å². The number of carbonyl (C=O) groups is 1. The van der Waals surface area contributed by atoms with Gasteiger partial charge in [0.1, 0.15) is 11.5 Å². The number of aromatic amines is 1. The third kappa shape index (κ3) is 2.87. The van der Waals surface area contributed by atoms with Gasteiger partial charge in [-0.05, 0) is 67.9 Å². The smallest absolute Gasteiger partial charge is 0.271 e. The van der Waals surface area contributed by atoms with Crippen LogP contribution < -0.4 is 0 Å². The number of amides is 1. The molecular weight excluding hydrogens is 293 g/mol. The van der Waals surface area contributed by atoms with Crippen LogP contribution >= 0.6 is 0 Å². The Morgan fingerprint density at radius 1 is 1.22 bits per heavy atom. The molecule has 2 aliphatic rings. The summed E-state index contributed by atoms with van der Waals surface area (Å²) in [5.74, 6) is 1.07. The van der Waals surface area contributed by atoms with Gasteiger partial charge in [-0.25, -0.2) is 4.39 Å². The fraction of sp³-hybridized carbons (Fsp3) is 0.444. The number of H-pyrrole nitrogens is 1. The van der Waals surface area contributed by atoms with Gasteiger partial charge in [-0.15, -0.1) is 0 Å². The van der Waals surface area contributed by atoms with E-state index < -0.39 is 0 Å². The molecule has 4 nitrogen and oxygen atoms in total. The molecule has 0 saturated heterocycles. The summed E-state index contributed by atoms with van der Waals surface area (Å²) in [6, 6.07) is 8.26. The normalized spacial score (nSPS) is 17.5. The fourth-order valence-corrected chi connectivity index (χ4v) is 3.42. The van der Waals surface area contributed by atoms with E-state index in [0.717, 1.165) is 5.56 Å². The molecule has 120 valence electrons. The van der Waals surface area contributed by atoms with E-state index in [1.807, 2.05) is 11.9 Å². The summed E-state index contributed by atoms with van der Waals surface area (Å²) in [7, 11) is 1.90. The second kappa shape index (κ2) is 5.48. The lowest BCUT2D eigenvalue weighted by molar-refractivity contribution is 0.0684. The van der Waals surface area contributed by atoms with E-state index in [1.54, 1.807) is 18.2 Å². The van der Waals surface area contributed by atoms with Crippen molar-refractivity contribution in [3.05, 3.63) is 41.8 Å². The van der Waals surface area contributed by atoms with Gasteiger partial charge in [0, 0.05) is 18.7 Å². The average Bonchev–Trinajstić information content (AvgIpc) is 3.49. The van der Waals surface area contributed by atoms with Crippen LogP contribution in [-0.2, 0) is 0 Å². The minimum atomic E-state index is -0.281. The summed E-state index contributed by atoms with van der Waals surface area (Å²) in [5.41, 5.74) is 1.96. The van der Waals surface area contributed by atoms with Crippen molar-refractivity contribution in [3.63, 3.8) is 0 Å². The van der Waals surface area contributed by atoms with E-state index in [1.165, 1.54) is 37.8 Å². The highest BCUT2D eigenvalue weighted by Gasteiger charge is 2.45. The lowest BCUT2D eigenvalue weighted by Crippen LogP contribution is -2.40. The molecular formula is C18H20FN3O. The molecule has 0 unspecified atom stereocenters. The van der Waals surface area contributed by atoms with E-state index in [2.05, 4.69) is 10.2 Å². The summed E-state index contributed by atoms with van der Waals surface area (Å²) >= 11 is 0. The van der Waals surface area contributed by atoms with Crippen LogP contribution in [0.25, 0.3) is 11.3 Å². The number of carbonyl (C=O) groups excluding carboxylic acids is 1. The molecule has 23 heavy (non-hydrogen) atoms. The largest absolute Gasteiger partial charge is 0.337 e. The first kappa shape index (κ1) is 14.4. The summed E-state index contributed by atoms with van der Waals surface area (Å²) < 4.78 is 13.0. The highest BCUT2D eigenvalue weighted by atomic mass is 19.1. The van der Waals surface area contributed by atoms with E-state index in [4.69, 9.17) is 0 Å². The number of nitrogens with zero attached hydrogens (tertiary/aromatic N) is 2. The molecule has 5 heteroatoms. The Kier molecular flexibility index (Phi) is 3.43. The van der Waals surface area contributed by atoms with Crippen LogP contribution in [0.4, 0.5) is 4.39 Å². The van der Waals surface area contributed by atoms with Crippen molar-refractivity contribution in [1.82, 2.24) is 15.1 Å². The molecule has 1 aromatic heterocycles. The monoisotopic (exact) mass is 313 g/mol. The minimum Gasteiger partial charge on any atom is -0.337 e. The average molecular weight is 313 g/mol. The molecule has 4 rings (SSSR count). The molecule has 0 radical (unpaired) electrons. The molecule has 2 aliphatic carbocycles. The second-order valence-corrected chi connectivity index (χ2v) is 6.76. The zero-order chi connectivity index (χ0) is 16.0. The predicted molar refractivity (Wildman–Crippen MR) is 85.3 cm³/mol. The molecule has 1 amide bonds. The van der Waals surface area contributed by atoms with Crippen molar-refractivity contribution < 1.29 is 9.18 Å². The van der Waals surface area contributed by atoms with Gasteiger partial charge < -0.3 is 4.90 Å². The third-order valence-corrected chi connectivity index (χ3v) is 4.93. The standard InChI is InChI=1S/C18H20FN3O/c1-22(17(12-2-3-12)13-4-5-13)18(23)16-10-15(20-21-16)11-6-8-14(19)9-7-11/h6-10,12-13,17H,2-5H2,1H3,(H,20,21). The van der Waals surface area contributed by atoms with Gasteiger partial charge in [-0.1, -0.05) is 0 Å².